The number of benzene rings is 1. The molecule has 2 aromatic rings. The molecule has 0 fully saturated rings. The molecule has 1 aromatic carbocycles. The number of amides is 2. The molecule has 1 atom stereocenters. The van der Waals surface area contributed by atoms with E-state index in [2.05, 4.69) is 20.4 Å². The van der Waals surface area contributed by atoms with Gasteiger partial charge in [0.15, 0.2) is 10.8 Å². The molecule has 0 aliphatic carbocycles. The van der Waals surface area contributed by atoms with Crippen molar-refractivity contribution in [3.05, 3.63) is 47.0 Å². The zero-order valence-electron chi connectivity index (χ0n) is 16.1. The number of esters is 1. The van der Waals surface area contributed by atoms with Gasteiger partial charge in [0.25, 0.3) is 0 Å². The third kappa shape index (κ3) is 6.66. The smallest absolute Gasteiger partial charge is 0.408 e. The fraction of sp³-hybridized carbons (Fsp3) is 0.368. The Balaban J connectivity index is 2.12. The highest BCUT2D eigenvalue weighted by Crippen LogP contribution is 2.17. The lowest BCUT2D eigenvalue weighted by Crippen LogP contribution is -2.47. The quantitative estimate of drug-likeness (QED) is 0.716. The maximum absolute atomic E-state index is 12.7. The van der Waals surface area contributed by atoms with Crippen LogP contribution in [0.2, 0.25) is 0 Å². The average Bonchev–Trinajstić information content (AvgIpc) is 3.08. The molecule has 0 saturated carbocycles. The monoisotopic (exact) mass is 405 g/mol. The number of carbonyl (C=O) groups excluding carboxylic acids is 3. The van der Waals surface area contributed by atoms with E-state index in [4.69, 9.17) is 4.74 Å². The Morgan fingerprint density at radius 1 is 1.18 bits per heavy atom. The van der Waals surface area contributed by atoms with Crippen molar-refractivity contribution in [3.63, 3.8) is 0 Å². The molecule has 2 N–H and O–H groups in total. The zero-order valence-corrected chi connectivity index (χ0v) is 17.0. The van der Waals surface area contributed by atoms with Crippen molar-refractivity contribution in [3.8, 4) is 0 Å². The molecule has 0 aliphatic rings. The Bertz CT molecular complexity index is 830. The van der Waals surface area contributed by atoms with Crippen LogP contribution in [0.3, 0.4) is 0 Å². The van der Waals surface area contributed by atoms with Crippen molar-refractivity contribution in [2.75, 3.05) is 12.4 Å². The number of anilines is 1. The molecule has 8 nitrogen and oxygen atoms in total. The van der Waals surface area contributed by atoms with Gasteiger partial charge in [-0.05, 0) is 26.3 Å². The van der Waals surface area contributed by atoms with Crippen LogP contribution >= 0.6 is 11.3 Å². The second-order valence-electron chi connectivity index (χ2n) is 6.91. The number of aromatic nitrogens is 1. The number of hydrogen-bond acceptors (Lipinski definition) is 7. The number of methoxy groups -OCH3 is 1. The number of nitrogens with zero attached hydrogens (tertiary/aromatic N) is 1. The van der Waals surface area contributed by atoms with Crippen LogP contribution in [0.15, 0.2) is 35.7 Å². The van der Waals surface area contributed by atoms with Gasteiger partial charge in [-0.3, -0.25) is 4.79 Å². The van der Waals surface area contributed by atoms with Crippen LogP contribution in [0, 0.1) is 0 Å². The molecule has 1 heterocycles. The minimum absolute atomic E-state index is 0.0995. The summed E-state index contributed by atoms with van der Waals surface area (Å²) in [6.45, 7) is 5.22. The van der Waals surface area contributed by atoms with Crippen LogP contribution in [0.1, 0.15) is 36.8 Å². The fourth-order valence-electron chi connectivity index (χ4n) is 2.23. The molecule has 0 aliphatic heterocycles. The van der Waals surface area contributed by atoms with Crippen molar-refractivity contribution in [2.45, 2.75) is 38.8 Å². The first-order valence-corrected chi connectivity index (χ1v) is 9.44. The first-order valence-electron chi connectivity index (χ1n) is 8.56. The highest BCUT2D eigenvalue weighted by molar-refractivity contribution is 7.14. The molecule has 0 unspecified atom stereocenters. The molecule has 150 valence electrons. The summed E-state index contributed by atoms with van der Waals surface area (Å²) in [5.41, 5.74) is 0.276. The third-order valence-corrected chi connectivity index (χ3v) is 4.18. The van der Waals surface area contributed by atoms with Gasteiger partial charge < -0.3 is 20.1 Å². The summed E-state index contributed by atoms with van der Waals surface area (Å²) in [6, 6.07) is 8.39. The molecule has 1 aromatic heterocycles. The molecule has 9 heteroatoms. The van der Waals surface area contributed by atoms with E-state index in [1.165, 1.54) is 12.5 Å². The van der Waals surface area contributed by atoms with Gasteiger partial charge in [-0.2, -0.15) is 0 Å². The largest absolute Gasteiger partial charge is 0.464 e. The van der Waals surface area contributed by atoms with E-state index >= 15 is 0 Å². The van der Waals surface area contributed by atoms with Gasteiger partial charge in [0.2, 0.25) is 5.91 Å². The van der Waals surface area contributed by atoms with Crippen LogP contribution < -0.4 is 10.6 Å². The van der Waals surface area contributed by atoms with Gasteiger partial charge in [-0.1, -0.05) is 30.3 Å². The predicted molar refractivity (Wildman–Crippen MR) is 105 cm³/mol. The van der Waals surface area contributed by atoms with Gasteiger partial charge in [0.1, 0.15) is 11.6 Å². The summed E-state index contributed by atoms with van der Waals surface area (Å²) in [5, 5.41) is 6.93. The number of hydrogen-bond donors (Lipinski definition) is 2. The van der Waals surface area contributed by atoms with E-state index in [1.807, 2.05) is 30.3 Å². The van der Waals surface area contributed by atoms with E-state index in [0.717, 1.165) is 16.9 Å². The Morgan fingerprint density at radius 3 is 2.46 bits per heavy atom. The van der Waals surface area contributed by atoms with Crippen LogP contribution in [0.4, 0.5) is 9.93 Å². The molecule has 0 spiro atoms. The molecule has 2 rings (SSSR count). The summed E-state index contributed by atoms with van der Waals surface area (Å²) >= 11 is 1.09. The van der Waals surface area contributed by atoms with Gasteiger partial charge in [-0.15, -0.1) is 11.3 Å². The van der Waals surface area contributed by atoms with Crippen molar-refractivity contribution < 1.29 is 23.9 Å². The van der Waals surface area contributed by atoms with Gasteiger partial charge in [0.05, 0.1) is 7.11 Å². The van der Waals surface area contributed by atoms with Crippen LogP contribution in [-0.2, 0) is 20.7 Å². The second kappa shape index (κ2) is 9.32. The molecule has 0 bridgehead atoms. The van der Waals surface area contributed by atoms with Crippen molar-refractivity contribution in [1.29, 1.82) is 0 Å². The van der Waals surface area contributed by atoms with Crippen molar-refractivity contribution >= 4 is 34.4 Å². The van der Waals surface area contributed by atoms with E-state index in [-0.39, 0.29) is 17.2 Å². The average molecular weight is 405 g/mol. The van der Waals surface area contributed by atoms with Gasteiger partial charge >= 0.3 is 12.1 Å². The zero-order chi connectivity index (χ0) is 20.7. The van der Waals surface area contributed by atoms with E-state index < -0.39 is 29.6 Å². The molecular weight excluding hydrogens is 382 g/mol. The predicted octanol–water partition coefficient (Wildman–Crippen LogP) is 3.00. The van der Waals surface area contributed by atoms with Crippen molar-refractivity contribution in [2.24, 2.45) is 0 Å². The lowest BCUT2D eigenvalue weighted by molar-refractivity contribution is -0.118. The lowest BCUT2D eigenvalue weighted by Gasteiger charge is -2.23. The molecule has 0 saturated heterocycles. The molecule has 2 amide bonds. The van der Waals surface area contributed by atoms with E-state index in [9.17, 15) is 14.4 Å². The minimum Gasteiger partial charge on any atom is -0.464 e. The molecular formula is C19H23N3O5S. The minimum atomic E-state index is -0.886. The summed E-state index contributed by atoms with van der Waals surface area (Å²) in [7, 11) is 1.25. The number of nitrogens with one attached hydrogen (secondary N) is 2. The maximum atomic E-state index is 12.7. The van der Waals surface area contributed by atoms with Crippen LogP contribution in [-0.4, -0.2) is 41.7 Å². The number of carbonyl (C=O) groups is 3. The highest BCUT2D eigenvalue weighted by Gasteiger charge is 2.25. The topological polar surface area (TPSA) is 107 Å². The first-order chi connectivity index (χ1) is 13.2. The maximum Gasteiger partial charge on any atom is 0.408 e. The summed E-state index contributed by atoms with van der Waals surface area (Å²) < 4.78 is 9.85. The van der Waals surface area contributed by atoms with Crippen molar-refractivity contribution in [1.82, 2.24) is 10.3 Å². The van der Waals surface area contributed by atoms with Crippen LogP contribution in [0.5, 0.6) is 0 Å². The molecule has 0 radical (unpaired) electrons. The Morgan fingerprint density at radius 2 is 1.86 bits per heavy atom. The third-order valence-electron chi connectivity index (χ3n) is 3.42. The fourth-order valence-corrected chi connectivity index (χ4v) is 2.91. The number of alkyl carbamates (subject to hydrolysis) is 1. The Kier molecular flexibility index (Phi) is 7.11. The number of ether oxygens (including phenoxy) is 2. The second-order valence-corrected chi connectivity index (χ2v) is 7.77. The summed E-state index contributed by atoms with van der Waals surface area (Å²) in [4.78, 5) is 40.4. The van der Waals surface area contributed by atoms with Gasteiger partial charge in [0, 0.05) is 11.8 Å². The Labute approximate surface area is 167 Å². The standard InChI is InChI=1S/C19H23N3O5S/c1-19(2,3)27-18(25)21-13(10-12-8-6-5-7-9-12)15(23)22-17-20-14(11-28-17)16(24)26-4/h5-9,11,13H,10H2,1-4H3,(H,21,25)(H,20,22,23)/t13-/m0/s1. The lowest BCUT2D eigenvalue weighted by atomic mass is 10.1. The van der Waals surface area contributed by atoms with Gasteiger partial charge in [-0.25, -0.2) is 14.6 Å². The summed E-state index contributed by atoms with van der Waals surface area (Å²) in [6.07, 6.45) is -0.431. The SMILES string of the molecule is COC(=O)c1csc(NC(=O)[C@H](Cc2ccccc2)NC(=O)OC(C)(C)C)n1. The Hall–Kier alpha value is -2.94. The van der Waals surface area contributed by atoms with E-state index in [0.29, 0.717) is 0 Å². The van der Waals surface area contributed by atoms with E-state index in [1.54, 1.807) is 20.8 Å². The normalized spacial score (nSPS) is 12.0. The highest BCUT2D eigenvalue weighted by atomic mass is 32.1. The number of rotatable bonds is 6. The number of thiazole rings is 1. The molecule has 28 heavy (non-hydrogen) atoms. The summed E-state index contributed by atoms with van der Waals surface area (Å²) in [5.74, 6) is -1.06. The first kappa shape index (κ1) is 21.4. The van der Waals surface area contributed by atoms with Crippen LogP contribution in [0.25, 0.3) is 0 Å².